The Hall–Kier alpha value is -2.48. The average molecular weight is 420 g/mol. The molecule has 2 aromatic rings. The molecule has 29 heavy (non-hydrogen) atoms. The Balaban J connectivity index is 1.46. The van der Waals surface area contributed by atoms with Crippen LogP contribution in [0.5, 0.6) is 0 Å². The third-order valence-corrected chi connectivity index (χ3v) is 6.27. The Labute approximate surface area is 170 Å². The zero-order valence-corrected chi connectivity index (χ0v) is 16.2. The number of nitrogens with one attached hydrogen (secondary N) is 1. The van der Waals surface area contributed by atoms with Gasteiger partial charge in [-0.3, -0.25) is 9.59 Å². The van der Waals surface area contributed by atoms with E-state index in [1.807, 2.05) is 35.2 Å². The molecule has 2 amide bonds. The van der Waals surface area contributed by atoms with Gasteiger partial charge in [0.25, 0.3) is 0 Å². The van der Waals surface area contributed by atoms with Gasteiger partial charge in [0.1, 0.15) is 0 Å². The van der Waals surface area contributed by atoms with Gasteiger partial charge >= 0.3 is 6.18 Å². The molecule has 1 aliphatic heterocycles. The zero-order chi connectivity index (χ0) is 20.6. The maximum atomic E-state index is 12.9. The summed E-state index contributed by atoms with van der Waals surface area (Å²) in [6.07, 6.45) is -2.56. The quantitative estimate of drug-likeness (QED) is 0.763. The third-order valence-electron chi connectivity index (χ3n) is 4.99. The molecule has 2 aliphatic rings. The van der Waals surface area contributed by atoms with E-state index >= 15 is 0 Å². The number of hydrogen-bond acceptors (Lipinski definition) is 3. The summed E-state index contributed by atoms with van der Waals surface area (Å²) in [4.78, 5) is 27.7. The minimum atomic E-state index is -4.47. The normalized spacial score (nSPS) is 18.7. The van der Waals surface area contributed by atoms with Crippen LogP contribution in [0, 0.1) is 0 Å². The van der Waals surface area contributed by atoms with Crippen molar-refractivity contribution in [2.45, 2.75) is 48.2 Å². The van der Waals surface area contributed by atoms with Crippen molar-refractivity contribution in [2.24, 2.45) is 0 Å². The van der Waals surface area contributed by atoms with Crippen molar-refractivity contribution in [3.63, 3.8) is 0 Å². The standard InChI is InChI=1S/C21H19F3N2O2S/c22-21(23,24)14-6-9-17-16(10-14)25-20(28)18(29-17)11-19(27)26(15-7-8-15)12-13-4-2-1-3-5-13/h1-6,9-10,15,18H,7-8,11-12H2,(H,25,28)/t18-/m1/s1. The first kappa shape index (κ1) is 19.8. The topological polar surface area (TPSA) is 49.4 Å². The lowest BCUT2D eigenvalue weighted by Gasteiger charge is -2.28. The number of amides is 2. The number of hydrogen-bond donors (Lipinski definition) is 1. The molecule has 2 aromatic carbocycles. The fraction of sp³-hybridized carbons (Fsp3) is 0.333. The number of benzene rings is 2. The molecule has 0 unspecified atom stereocenters. The highest BCUT2D eigenvalue weighted by Gasteiger charge is 2.37. The predicted molar refractivity (Wildman–Crippen MR) is 104 cm³/mol. The molecule has 0 spiro atoms. The van der Waals surface area contributed by atoms with Crippen molar-refractivity contribution >= 4 is 29.3 Å². The van der Waals surface area contributed by atoms with Crippen molar-refractivity contribution in [3.05, 3.63) is 59.7 Å². The van der Waals surface area contributed by atoms with Crippen molar-refractivity contribution in [2.75, 3.05) is 5.32 Å². The van der Waals surface area contributed by atoms with Gasteiger partial charge in [0, 0.05) is 23.9 Å². The Morgan fingerprint density at radius 3 is 2.52 bits per heavy atom. The lowest BCUT2D eigenvalue weighted by molar-refractivity contribution is -0.137. The molecule has 1 fully saturated rings. The molecular formula is C21H19F3N2O2S. The number of thioether (sulfide) groups is 1. The van der Waals surface area contributed by atoms with Crippen LogP contribution >= 0.6 is 11.8 Å². The highest BCUT2D eigenvalue weighted by Crippen LogP contribution is 2.41. The lowest BCUT2D eigenvalue weighted by Crippen LogP contribution is -2.38. The van der Waals surface area contributed by atoms with Gasteiger partial charge in [-0.2, -0.15) is 13.2 Å². The molecule has 4 nitrogen and oxygen atoms in total. The van der Waals surface area contributed by atoms with Gasteiger partial charge in [0.15, 0.2) is 0 Å². The number of alkyl halides is 3. The summed E-state index contributed by atoms with van der Waals surface area (Å²) in [7, 11) is 0. The van der Waals surface area contributed by atoms with Gasteiger partial charge in [-0.05, 0) is 36.6 Å². The Morgan fingerprint density at radius 2 is 1.86 bits per heavy atom. The number of anilines is 1. The molecule has 0 bridgehead atoms. The first-order chi connectivity index (χ1) is 13.8. The molecular weight excluding hydrogens is 401 g/mol. The minimum absolute atomic E-state index is 0.0142. The van der Waals surface area contributed by atoms with Crippen LogP contribution in [0.1, 0.15) is 30.4 Å². The van der Waals surface area contributed by atoms with Crippen LogP contribution in [0.2, 0.25) is 0 Å². The van der Waals surface area contributed by atoms with Crippen LogP contribution in [0.15, 0.2) is 53.4 Å². The van der Waals surface area contributed by atoms with Crippen LogP contribution < -0.4 is 5.32 Å². The largest absolute Gasteiger partial charge is 0.416 e. The van der Waals surface area contributed by atoms with Crippen LogP contribution in [-0.2, 0) is 22.3 Å². The summed E-state index contributed by atoms with van der Waals surface area (Å²) in [6.45, 7) is 0.495. The molecule has 152 valence electrons. The molecule has 1 heterocycles. The van der Waals surface area contributed by atoms with Crippen LogP contribution in [0.4, 0.5) is 18.9 Å². The Kier molecular flexibility index (Phi) is 5.29. The molecule has 1 atom stereocenters. The van der Waals surface area contributed by atoms with E-state index in [0.29, 0.717) is 11.4 Å². The smallest absolute Gasteiger partial charge is 0.335 e. The fourth-order valence-electron chi connectivity index (χ4n) is 3.32. The van der Waals surface area contributed by atoms with E-state index in [4.69, 9.17) is 0 Å². The summed E-state index contributed by atoms with van der Waals surface area (Å²) in [5.41, 5.74) is 0.356. The molecule has 8 heteroatoms. The van der Waals surface area contributed by atoms with Gasteiger partial charge in [0.2, 0.25) is 11.8 Å². The van der Waals surface area contributed by atoms with E-state index in [0.717, 1.165) is 42.3 Å². The first-order valence-electron chi connectivity index (χ1n) is 9.33. The number of fused-ring (bicyclic) bond motifs is 1. The van der Waals surface area contributed by atoms with Crippen LogP contribution in [0.3, 0.4) is 0 Å². The van der Waals surface area contributed by atoms with E-state index in [1.54, 1.807) is 0 Å². The summed E-state index contributed by atoms with van der Waals surface area (Å²) >= 11 is 1.14. The van der Waals surface area contributed by atoms with Gasteiger partial charge in [-0.25, -0.2) is 0 Å². The molecule has 4 rings (SSSR count). The summed E-state index contributed by atoms with van der Waals surface area (Å²) in [5, 5.41) is 1.87. The van der Waals surface area contributed by atoms with Gasteiger partial charge in [-0.15, -0.1) is 11.8 Å². The number of carbonyl (C=O) groups excluding carboxylic acids is 2. The maximum absolute atomic E-state index is 12.9. The molecule has 1 N–H and O–H groups in total. The highest BCUT2D eigenvalue weighted by atomic mass is 32.2. The second kappa shape index (κ2) is 7.74. The summed E-state index contributed by atoms with van der Waals surface area (Å²) in [6, 6.07) is 13.1. The van der Waals surface area contributed by atoms with Gasteiger partial charge in [0.05, 0.1) is 16.5 Å². The van der Waals surface area contributed by atoms with E-state index < -0.39 is 22.9 Å². The molecule has 1 saturated carbocycles. The first-order valence-corrected chi connectivity index (χ1v) is 10.2. The number of halogens is 3. The van der Waals surface area contributed by atoms with E-state index in [2.05, 4.69) is 5.32 Å². The molecule has 0 aromatic heterocycles. The highest BCUT2D eigenvalue weighted by molar-refractivity contribution is 8.01. The van der Waals surface area contributed by atoms with Crippen molar-refractivity contribution in [1.29, 1.82) is 0 Å². The number of nitrogens with zero attached hydrogens (tertiary/aromatic N) is 1. The fourth-order valence-corrected chi connectivity index (χ4v) is 4.41. The van der Waals surface area contributed by atoms with Crippen molar-refractivity contribution in [1.82, 2.24) is 4.90 Å². The zero-order valence-electron chi connectivity index (χ0n) is 15.4. The van der Waals surface area contributed by atoms with Crippen molar-refractivity contribution in [3.8, 4) is 0 Å². The molecule has 0 saturated heterocycles. The maximum Gasteiger partial charge on any atom is 0.416 e. The van der Waals surface area contributed by atoms with Crippen LogP contribution in [0.25, 0.3) is 0 Å². The SMILES string of the molecule is O=C1Nc2cc(C(F)(F)F)ccc2S[C@@H]1CC(=O)N(Cc1ccccc1)C1CC1. The molecule has 0 radical (unpaired) electrons. The average Bonchev–Trinajstić information content (AvgIpc) is 3.51. The number of carbonyl (C=O) groups is 2. The van der Waals surface area contributed by atoms with Crippen LogP contribution in [-0.4, -0.2) is 28.0 Å². The van der Waals surface area contributed by atoms with E-state index in [1.165, 1.54) is 6.07 Å². The summed E-state index contributed by atoms with van der Waals surface area (Å²) in [5.74, 6) is -0.551. The van der Waals surface area contributed by atoms with E-state index in [9.17, 15) is 22.8 Å². The molecule has 1 aliphatic carbocycles. The monoisotopic (exact) mass is 420 g/mol. The van der Waals surface area contributed by atoms with E-state index in [-0.39, 0.29) is 24.1 Å². The van der Waals surface area contributed by atoms with Gasteiger partial charge < -0.3 is 10.2 Å². The second-order valence-corrected chi connectivity index (χ2v) is 8.49. The van der Waals surface area contributed by atoms with Crippen molar-refractivity contribution < 1.29 is 22.8 Å². The number of rotatable bonds is 5. The third kappa shape index (κ3) is 4.58. The van der Waals surface area contributed by atoms with Gasteiger partial charge in [-0.1, -0.05) is 30.3 Å². The Bertz CT molecular complexity index is 929. The minimum Gasteiger partial charge on any atom is -0.335 e. The summed E-state index contributed by atoms with van der Waals surface area (Å²) < 4.78 is 38.7. The lowest BCUT2D eigenvalue weighted by atomic mass is 10.1. The Morgan fingerprint density at radius 1 is 1.14 bits per heavy atom. The second-order valence-electron chi connectivity index (χ2n) is 7.25. The predicted octanol–water partition coefficient (Wildman–Crippen LogP) is 4.70.